The lowest BCUT2D eigenvalue weighted by atomic mass is 10.2. The summed E-state index contributed by atoms with van der Waals surface area (Å²) < 4.78 is 5.42. The molecule has 0 saturated carbocycles. The van der Waals surface area contributed by atoms with Crippen LogP contribution in [0.1, 0.15) is 32.3 Å². The highest BCUT2D eigenvalue weighted by Gasteiger charge is 2.05. The van der Waals surface area contributed by atoms with E-state index in [1.165, 1.54) is 0 Å². The van der Waals surface area contributed by atoms with Gasteiger partial charge in [0.15, 0.2) is 0 Å². The molecule has 0 fully saturated rings. The SMILES string of the molecule is CC(C)C(=O)NCc1ccc(OCCCC(=O)O)cc1. The highest BCUT2D eigenvalue weighted by atomic mass is 16.5. The molecule has 0 unspecified atom stereocenters. The first-order chi connectivity index (χ1) is 9.49. The summed E-state index contributed by atoms with van der Waals surface area (Å²) in [5.74, 6) is -0.106. The van der Waals surface area contributed by atoms with Gasteiger partial charge in [0.2, 0.25) is 5.91 Å². The van der Waals surface area contributed by atoms with Crippen LogP contribution in [-0.2, 0) is 16.1 Å². The highest BCUT2D eigenvalue weighted by molar-refractivity contribution is 5.77. The average Bonchev–Trinajstić information content (AvgIpc) is 2.42. The molecule has 0 heterocycles. The zero-order chi connectivity index (χ0) is 15.0. The Morgan fingerprint density at radius 1 is 1.25 bits per heavy atom. The van der Waals surface area contributed by atoms with Crippen molar-refractivity contribution in [2.75, 3.05) is 6.61 Å². The van der Waals surface area contributed by atoms with E-state index in [4.69, 9.17) is 9.84 Å². The molecule has 20 heavy (non-hydrogen) atoms. The smallest absolute Gasteiger partial charge is 0.303 e. The van der Waals surface area contributed by atoms with E-state index in [0.29, 0.717) is 25.3 Å². The number of carboxylic acids is 1. The largest absolute Gasteiger partial charge is 0.494 e. The van der Waals surface area contributed by atoms with Crippen LogP contribution in [-0.4, -0.2) is 23.6 Å². The molecule has 1 amide bonds. The fraction of sp³-hybridized carbons (Fsp3) is 0.467. The predicted octanol–water partition coefficient (Wildman–Crippen LogP) is 2.20. The fourth-order valence-electron chi connectivity index (χ4n) is 1.51. The van der Waals surface area contributed by atoms with Gasteiger partial charge in [0.1, 0.15) is 5.75 Å². The van der Waals surface area contributed by atoms with Gasteiger partial charge in [-0.15, -0.1) is 0 Å². The van der Waals surface area contributed by atoms with Gasteiger partial charge < -0.3 is 15.2 Å². The molecule has 5 nitrogen and oxygen atoms in total. The van der Waals surface area contributed by atoms with E-state index < -0.39 is 5.97 Å². The van der Waals surface area contributed by atoms with Gasteiger partial charge in [-0.2, -0.15) is 0 Å². The van der Waals surface area contributed by atoms with Crippen LogP contribution in [0, 0.1) is 5.92 Å². The first-order valence-electron chi connectivity index (χ1n) is 6.70. The number of aliphatic carboxylic acids is 1. The lowest BCUT2D eigenvalue weighted by Gasteiger charge is -2.09. The minimum Gasteiger partial charge on any atom is -0.494 e. The number of carbonyl (C=O) groups is 2. The number of benzene rings is 1. The second-order valence-corrected chi connectivity index (χ2v) is 4.86. The van der Waals surface area contributed by atoms with Crippen molar-refractivity contribution in [3.05, 3.63) is 29.8 Å². The minimum absolute atomic E-state index is 0.0214. The van der Waals surface area contributed by atoms with Gasteiger partial charge in [0.25, 0.3) is 0 Å². The van der Waals surface area contributed by atoms with Crippen LogP contribution in [0.25, 0.3) is 0 Å². The van der Waals surface area contributed by atoms with E-state index in [1.54, 1.807) is 0 Å². The second kappa shape index (κ2) is 8.19. The molecule has 0 aliphatic heterocycles. The van der Waals surface area contributed by atoms with Crippen LogP contribution in [0.3, 0.4) is 0 Å². The first kappa shape index (κ1) is 16.0. The number of nitrogens with one attached hydrogen (secondary N) is 1. The summed E-state index contributed by atoms with van der Waals surface area (Å²) >= 11 is 0. The molecular formula is C15H21NO4. The van der Waals surface area contributed by atoms with Crippen molar-refractivity contribution in [1.82, 2.24) is 5.32 Å². The Balaban J connectivity index is 2.33. The number of hydrogen-bond donors (Lipinski definition) is 2. The summed E-state index contributed by atoms with van der Waals surface area (Å²) in [5.41, 5.74) is 0.997. The molecule has 0 bridgehead atoms. The Kier molecular flexibility index (Phi) is 6.56. The van der Waals surface area contributed by atoms with E-state index in [-0.39, 0.29) is 18.2 Å². The molecule has 0 radical (unpaired) electrons. The van der Waals surface area contributed by atoms with Crippen LogP contribution in [0.15, 0.2) is 24.3 Å². The number of rotatable bonds is 8. The molecule has 0 saturated heterocycles. The Bertz CT molecular complexity index is 440. The molecule has 110 valence electrons. The molecule has 1 aromatic rings. The molecule has 2 N–H and O–H groups in total. The van der Waals surface area contributed by atoms with Crippen molar-refractivity contribution in [3.63, 3.8) is 0 Å². The van der Waals surface area contributed by atoms with Crippen molar-refractivity contribution >= 4 is 11.9 Å². The van der Waals surface area contributed by atoms with Gasteiger partial charge in [-0.3, -0.25) is 9.59 Å². The minimum atomic E-state index is -0.815. The molecule has 1 aromatic carbocycles. The maximum absolute atomic E-state index is 11.4. The highest BCUT2D eigenvalue weighted by Crippen LogP contribution is 2.12. The van der Waals surface area contributed by atoms with Crippen LogP contribution in [0.5, 0.6) is 5.75 Å². The molecular weight excluding hydrogens is 258 g/mol. The van der Waals surface area contributed by atoms with Gasteiger partial charge >= 0.3 is 5.97 Å². The Morgan fingerprint density at radius 3 is 2.45 bits per heavy atom. The van der Waals surface area contributed by atoms with E-state index >= 15 is 0 Å². The van der Waals surface area contributed by atoms with E-state index in [1.807, 2.05) is 38.1 Å². The predicted molar refractivity (Wildman–Crippen MR) is 75.5 cm³/mol. The van der Waals surface area contributed by atoms with Gasteiger partial charge in [-0.25, -0.2) is 0 Å². The lowest BCUT2D eigenvalue weighted by Crippen LogP contribution is -2.27. The third-order valence-corrected chi connectivity index (χ3v) is 2.72. The molecule has 1 rings (SSSR count). The summed E-state index contributed by atoms with van der Waals surface area (Å²) in [4.78, 5) is 21.8. The van der Waals surface area contributed by atoms with E-state index in [9.17, 15) is 9.59 Å². The maximum atomic E-state index is 11.4. The molecule has 0 atom stereocenters. The summed E-state index contributed by atoms with van der Waals surface area (Å²) in [6.45, 7) is 4.58. The van der Waals surface area contributed by atoms with Gasteiger partial charge in [-0.1, -0.05) is 26.0 Å². The molecule has 0 aliphatic carbocycles. The van der Waals surface area contributed by atoms with Crippen molar-refractivity contribution in [3.8, 4) is 5.75 Å². The van der Waals surface area contributed by atoms with Gasteiger partial charge in [0, 0.05) is 18.9 Å². The fourth-order valence-corrected chi connectivity index (χ4v) is 1.51. The topological polar surface area (TPSA) is 75.6 Å². The van der Waals surface area contributed by atoms with Crippen LogP contribution in [0.4, 0.5) is 0 Å². The zero-order valence-corrected chi connectivity index (χ0v) is 11.9. The summed E-state index contributed by atoms with van der Waals surface area (Å²) in [7, 11) is 0. The number of hydrogen-bond acceptors (Lipinski definition) is 3. The summed E-state index contributed by atoms with van der Waals surface area (Å²) in [5, 5.41) is 11.3. The number of amides is 1. The second-order valence-electron chi connectivity index (χ2n) is 4.86. The lowest BCUT2D eigenvalue weighted by molar-refractivity contribution is -0.137. The van der Waals surface area contributed by atoms with Crippen LogP contribution < -0.4 is 10.1 Å². The molecule has 0 spiro atoms. The van der Waals surface area contributed by atoms with Crippen molar-refractivity contribution in [2.45, 2.75) is 33.2 Å². The number of carboxylic acid groups (broad SMARTS) is 1. The third kappa shape index (κ3) is 6.22. The van der Waals surface area contributed by atoms with Gasteiger partial charge in [-0.05, 0) is 24.1 Å². The quantitative estimate of drug-likeness (QED) is 0.715. The average molecular weight is 279 g/mol. The normalized spacial score (nSPS) is 10.3. The number of ether oxygens (including phenoxy) is 1. The van der Waals surface area contributed by atoms with E-state index in [2.05, 4.69) is 5.32 Å². The third-order valence-electron chi connectivity index (χ3n) is 2.72. The monoisotopic (exact) mass is 279 g/mol. The van der Waals surface area contributed by atoms with Crippen LogP contribution in [0.2, 0.25) is 0 Å². The van der Waals surface area contributed by atoms with Crippen molar-refractivity contribution in [2.24, 2.45) is 5.92 Å². The van der Waals surface area contributed by atoms with Crippen LogP contribution >= 0.6 is 0 Å². The van der Waals surface area contributed by atoms with Gasteiger partial charge in [0.05, 0.1) is 6.61 Å². The summed E-state index contributed by atoms with van der Waals surface area (Å²) in [6.07, 6.45) is 0.598. The van der Waals surface area contributed by atoms with Crippen molar-refractivity contribution in [1.29, 1.82) is 0 Å². The molecule has 0 aromatic heterocycles. The summed E-state index contributed by atoms with van der Waals surface area (Å²) in [6, 6.07) is 7.40. The Hall–Kier alpha value is -2.04. The Morgan fingerprint density at radius 2 is 1.90 bits per heavy atom. The number of carbonyl (C=O) groups excluding carboxylic acids is 1. The zero-order valence-electron chi connectivity index (χ0n) is 11.9. The Labute approximate surface area is 118 Å². The van der Waals surface area contributed by atoms with Crippen molar-refractivity contribution < 1.29 is 19.4 Å². The molecule has 0 aliphatic rings. The maximum Gasteiger partial charge on any atom is 0.303 e. The standard InChI is InChI=1S/C15H21NO4/c1-11(2)15(19)16-10-12-5-7-13(8-6-12)20-9-3-4-14(17)18/h5-8,11H,3-4,9-10H2,1-2H3,(H,16,19)(H,17,18). The first-order valence-corrected chi connectivity index (χ1v) is 6.70. The van der Waals surface area contributed by atoms with E-state index in [0.717, 1.165) is 5.56 Å². The molecule has 5 heteroatoms.